The van der Waals surface area contributed by atoms with Crippen LogP contribution in [0.25, 0.3) is 0 Å². The molecule has 0 aromatic carbocycles. The molecule has 0 aliphatic carbocycles. The largest absolute Gasteiger partial charge is 0.250 e. The maximum absolute atomic E-state index is 5.91. The van der Waals surface area contributed by atoms with Crippen LogP contribution in [0.1, 0.15) is 33.5 Å². The smallest absolute Gasteiger partial charge is 0.138 e. The molecule has 1 heterocycles. The van der Waals surface area contributed by atoms with Gasteiger partial charge in [-0.25, -0.2) is 9.67 Å². The summed E-state index contributed by atoms with van der Waals surface area (Å²) in [4.78, 5) is 4.30. The summed E-state index contributed by atoms with van der Waals surface area (Å²) in [5, 5.41) is 4.24. The Balaban J connectivity index is 2.73. The van der Waals surface area contributed by atoms with E-state index in [2.05, 4.69) is 37.8 Å². The first-order valence-corrected chi connectivity index (χ1v) is 5.91. The Morgan fingerprint density at radius 1 is 1.47 bits per heavy atom. The summed E-state index contributed by atoms with van der Waals surface area (Å²) < 4.78 is 1.99. The molecule has 0 spiro atoms. The molecule has 1 aromatic heterocycles. The summed E-state index contributed by atoms with van der Waals surface area (Å²) in [7, 11) is 0. The van der Waals surface area contributed by atoms with E-state index in [4.69, 9.17) is 11.6 Å². The third kappa shape index (κ3) is 3.82. The van der Waals surface area contributed by atoms with Crippen molar-refractivity contribution in [2.24, 2.45) is 11.3 Å². The molecule has 0 amide bonds. The molecule has 86 valence electrons. The van der Waals surface area contributed by atoms with Gasteiger partial charge in [0.25, 0.3) is 0 Å². The number of rotatable bonds is 5. The van der Waals surface area contributed by atoms with Gasteiger partial charge in [0, 0.05) is 18.8 Å². The third-order valence-electron chi connectivity index (χ3n) is 2.23. The van der Waals surface area contributed by atoms with Gasteiger partial charge in [-0.3, -0.25) is 0 Å². The molecule has 0 bridgehead atoms. The molecule has 0 aliphatic rings. The zero-order chi connectivity index (χ0) is 11.5. The van der Waals surface area contributed by atoms with Crippen LogP contribution in [0, 0.1) is 11.3 Å². The van der Waals surface area contributed by atoms with Crippen LogP contribution in [0.5, 0.6) is 0 Å². The highest BCUT2D eigenvalue weighted by Gasteiger charge is 2.20. The van der Waals surface area contributed by atoms with Gasteiger partial charge in [0.05, 0.1) is 0 Å². The van der Waals surface area contributed by atoms with Crippen molar-refractivity contribution in [1.29, 1.82) is 0 Å². The Kier molecular flexibility index (Phi) is 4.14. The second-order valence-corrected chi connectivity index (χ2v) is 5.49. The minimum Gasteiger partial charge on any atom is -0.250 e. The van der Waals surface area contributed by atoms with Crippen LogP contribution in [0.4, 0.5) is 0 Å². The topological polar surface area (TPSA) is 30.7 Å². The van der Waals surface area contributed by atoms with E-state index in [0.29, 0.717) is 11.8 Å². The van der Waals surface area contributed by atoms with E-state index in [1.54, 1.807) is 6.33 Å². The summed E-state index contributed by atoms with van der Waals surface area (Å²) in [5.41, 5.74) is 0.0866. The van der Waals surface area contributed by atoms with E-state index < -0.39 is 0 Å². The first-order valence-electron chi connectivity index (χ1n) is 5.37. The summed E-state index contributed by atoms with van der Waals surface area (Å²) in [6.45, 7) is 9.58. The monoisotopic (exact) mass is 229 g/mol. The summed E-state index contributed by atoms with van der Waals surface area (Å²) in [6, 6.07) is 0. The molecule has 1 aromatic rings. The molecule has 0 saturated carbocycles. The van der Waals surface area contributed by atoms with Crippen molar-refractivity contribution in [3.05, 3.63) is 12.2 Å². The van der Waals surface area contributed by atoms with Crippen molar-refractivity contribution < 1.29 is 0 Å². The van der Waals surface area contributed by atoms with Gasteiger partial charge >= 0.3 is 0 Å². The molecule has 0 fully saturated rings. The van der Waals surface area contributed by atoms with E-state index >= 15 is 0 Å². The molecule has 0 saturated heterocycles. The Labute approximate surface area is 96.8 Å². The summed E-state index contributed by atoms with van der Waals surface area (Å²) in [5.74, 6) is 2.26. The van der Waals surface area contributed by atoms with Gasteiger partial charge in [-0.1, -0.05) is 27.7 Å². The quantitative estimate of drug-likeness (QED) is 0.727. The molecule has 0 unspecified atom stereocenters. The second kappa shape index (κ2) is 4.97. The zero-order valence-electron chi connectivity index (χ0n) is 10.00. The molecule has 0 radical (unpaired) electrons. The predicted molar refractivity (Wildman–Crippen MR) is 63.1 cm³/mol. The number of halogens is 1. The van der Waals surface area contributed by atoms with Crippen LogP contribution < -0.4 is 0 Å². The highest BCUT2D eigenvalue weighted by atomic mass is 35.5. The Morgan fingerprint density at radius 2 is 2.13 bits per heavy atom. The van der Waals surface area contributed by atoms with Crippen molar-refractivity contribution in [3.63, 3.8) is 0 Å². The van der Waals surface area contributed by atoms with Crippen molar-refractivity contribution in [2.75, 3.05) is 5.88 Å². The Hall–Kier alpha value is -0.570. The van der Waals surface area contributed by atoms with E-state index in [1.807, 2.05) is 4.68 Å². The minimum atomic E-state index is 0.0866. The van der Waals surface area contributed by atoms with E-state index in [0.717, 1.165) is 18.8 Å². The van der Waals surface area contributed by atoms with Crippen molar-refractivity contribution in [1.82, 2.24) is 14.8 Å². The first-order chi connectivity index (χ1) is 6.94. The molecule has 0 N–H and O–H groups in total. The molecule has 0 atom stereocenters. The van der Waals surface area contributed by atoms with Gasteiger partial charge < -0.3 is 0 Å². The van der Waals surface area contributed by atoms with Crippen LogP contribution >= 0.6 is 11.6 Å². The number of nitrogens with zero attached hydrogens (tertiary/aromatic N) is 3. The summed E-state index contributed by atoms with van der Waals surface area (Å²) in [6.07, 6.45) is 2.51. The standard InChI is InChI=1S/C11H20ClN3/c1-9(2)6-15-10(13-8-14-15)5-11(3,4)7-12/h8-9H,5-7H2,1-4H3. The molecule has 15 heavy (non-hydrogen) atoms. The molecule has 3 nitrogen and oxygen atoms in total. The molecule has 4 heteroatoms. The van der Waals surface area contributed by atoms with E-state index in [-0.39, 0.29) is 5.41 Å². The van der Waals surface area contributed by atoms with Crippen LogP contribution in [0.15, 0.2) is 6.33 Å². The minimum absolute atomic E-state index is 0.0866. The van der Waals surface area contributed by atoms with Gasteiger partial charge in [0.2, 0.25) is 0 Å². The highest BCUT2D eigenvalue weighted by Crippen LogP contribution is 2.22. The third-order valence-corrected chi connectivity index (χ3v) is 2.96. The van der Waals surface area contributed by atoms with Gasteiger partial charge in [-0.15, -0.1) is 11.6 Å². The van der Waals surface area contributed by atoms with E-state index in [9.17, 15) is 0 Å². The molecule has 1 rings (SSSR count). The number of aromatic nitrogens is 3. The van der Waals surface area contributed by atoms with E-state index in [1.165, 1.54) is 0 Å². The van der Waals surface area contributed by atoms with Gasteiger partial charge in [0.15, 0.2) is 0 Å². The average Bonchev–Trinajstić information content (AvgIpc) is 2.51. The van der Waals surface area contributed by atoms with Crippen molar-refractivity contribution >= 4 is 11.6 Å². The van der Waals surface area contributed by atoms with Gasteiger partial charge in [0.1, 0.15) is 12.2 Å². The number of hydrogen-bond acceptors (Lipinski definition) is 2. The first kappa shape index (κ1) is 12.5. The molecular weight excluding hydrogens is 210 g/mol. The van der Waals surface area contributed by atoms with Crippen molar-refractivity contribution in [2.45, 2.75) is 40.7 Å². The number of alkyl halides is 1. The maximum atomic E-state index is 5.91. The zero-order valence-corrected chi connectivity index (χ0v) is 10.8. The van der Waals surface area contributed by atoms with Crippen molar-refractivity contribution in [3.8, 4) is 0 Å². The summed E-state index contributed by atoms with van der Waals surface area (Å²) >= 11 is 5.91. The Morgan fingerprint density at radius 3 is 2.67 bits per heavy atom. The molecule has 0 aliphatic heterocycles. The van der Waals surface area contributed by atoms with Crippen LogP contribution in [-0.2, 0) is 13.0 Å². The lowest BCUT2D eigenvalue weighted by atomic mass is 9.91. The average molecular weight is 230 g/mol. The fourth-order valence-electron chi connectivity index (χ4n) is 1.40. The SMILES string of the molecule is CC(C)Cn1ncnc1CC(C)(C)CCl. The second-order valence-electron chi connectivity index (χ2n) is 5.23. The van der Waals surface area contributed by atoms with Gasteiger partial charge in [-0.05, 0) is 11.3 Å². The fraction of sp³-hybridized carbons (Fsp3) is 0.818. The lowest BCUT2D eigenvalue weighted by molar-refractivity contribution is 0.380. The maximum Gasteiger partial charge on any atom is 0.138 e. The van der Waals surface area contributed by atoms with Crippen LogP contribution in [-0.4, -0.2) is 20.6 Å². The lowest BCUT2D eigenvalue weighted by Crippen LogP contribution is -2.21. The number of hydrogen-bond donors (Lipinski definition) is 0. The highest BCUT2D eigenvalue weighted by molar-refractivity contribution is 6.18. The Bertz CT molecular complexity index is 305. The fourth-order valence-corrected chi connectivity index (χ4v) is 1.49. The normalized spacial score (nSPS) is 12.4. The molecular formula is C11H20ClN3. The van der Waals surface area contributed by atoms with Crippen LogP contribution in [0.3, 0.4) is 0 Å². The van der Waals surface area contributed by atoms with Crippen LogP contribution in [0.2, 0.25) is 0 Å². The predicted octanol–water partition coefficient (Wildman–Crippen LogP) is 2.74. The van der Waals surface area contributed by atoms with Gasteiger partial charge in [-0.2, -0.15) is 5.10 Å². The lowest BCUT2D eigenvalue weighted by Gasteiger charge is -2.21.